The van der Waals surface area contributed by atoms with Crippen LogP contribution in [0.25, 0.3) is 11.4 Å². The van der Waals surface area contributed by atoms with Crippen LogP contribution < -0.4 is 5.73 Å². The van der Waals surface area contributed by atoms with Crippen LogP contribution in [0, 0.1) is 0 Å². The van der Waals surface area contributed by atoms with Gasteiger partial charge in [-0.1, -0.05) is 21.1 Å². The van der Waals surface area contributed by atoms with Gasteiger partial charge in [0, 0.05) is 22.0 Å². The number of rotatable bonds is 4. The van der Waals surface area contributed by atoms with E-state index in [2.05, 4.69) is 26.1 Å². The summed E-state index contributed by atoms with van der Waals surface area (Å²) in [7, 11) is 0. The summed E-state index contributed by atoms with van der Waals surface area (Å²) < 4.78 is 6.24. The minimum atomic E-state index is -0.216. The molecule has 2 aromatic rings. The van der Waals surface area contributed by atoms with E-state index in [1.807, 2.05) is 38.1 Å². The predicted octanol–water partition coefficient (Wildman–Crippen LogP) is 3.17. The van der Waals surface area contributed by atoms with Crippen molar-refractivity contribution in [3.63, 3.8) is 0 Å². The van der Waals surface area contributed by atoms with Gasteiger partial charge in [0.2, 0.25) is 11.7 Å². The van der Waals surface area contributed by atoms with Crippen molar-refractivity contribution in [1.29, 1.82) is 0 Å². The first-order valence-electron chi connectivity index (χ1n) is 5.81. The molecule has 0 saturated carbocycles. The van der Waals surface area contributed by atoms with Crippen LogP contribution in [0.5, 0.6) is 0 Å². The number of aromatic nitrogens is 2. The van der Waals surface area contributed by atoms with Crippen LogP contribution in [-0.4, -0.2) is 15.7 Å². The van der Waals surface area contributed by atoms with Gasteiger partial charge in [0.1, 0.15) is 0 Å². The Morgan fingerprint density at radius 3 is 2.56 bits per heavy atom. The van der Waals surface area contributed by atoms with Crippen molar-refractivity contribution in [2.24, 2.45) is 5.73 Å². The molecule has 0 aliphatic carbocycles. The number of nitrogens with zero attached hydrogens (tertiary/aromatic N) is 2. The molecular weight excluding hydrogens is 294 g/mol. The Kier molecular flexibility index (Phi) is 3.82. The van der Waals surface area contributed by atoms with Gasteiger partial charge >= 0.3 is 0 Å². The Hall–Kier alpha value is -1.20. The van der Waals surface area contributed by atoms with Crippen molar-refractivity contribution in [1.82, 2.24) is 10.1 Å². The summed E-state index contributed by atoms with van der Waals surface area (Å²) in [6.45, 7) is 3.97. The van der Waals surface area contributed by atoms with Crippen LogP contribution in [0.2, 0.25) is 0 Å². The smallest absolute Gasteiger partial charge is 0.227 e. The fourth-order valence-electron chi connectivity index (χ4n) is 1.50. The minimum Gasteiger partial charge on any atom is -0.339 e. The molecule has 1 aromatic heterocycles. The van der Waals surface area contributed by atoms with Crippen LogP contribution in [0.3, 0.4) is 0 Å². The summed E-state index contributed by atoms with van der Waals surface area (Å²) in [5.41, 5.74) is 6.65. The largest absolute Gasteiger partial charge is 0.339 e. The lowest BCUT2D eigenvalue weighted by Gasteiger charge is -2.16. The molecule has 1 aromatic carbocycles. The highest BCUT2D eigenvalue weighted by atomic mass is 79.9. The molecule has 0 unspecified atom stereocenters. The fraction of sp³-hybridized carbons (Fsp3) is 0.385. The summed E-state index contributed by atoms with van der Waals surface area (Å²) in [4.78, 5) is 4.36. The maximum atomic E-state index is 5.92. The van der Waals surface area contributed by atoms with Crippen LogP contribution >= 0.6 is 15.9 Å². The molecule has 0 atom stereocenters. The molecule has 2 rings (SSSR count). The van der Waals surface area contributed by atoms with E-state index in [-0.39, 0.29) is 5.54 Å². The average molecular weight is 310 g/mol. The van der Waals surface area contributed by atoms with Crippen molar-refractivity contribution in [3.05, 3.63) is 34.6 Å². The highest BCUT2D eigenvalue weighted by Gasteiger charge is 2.14. The molecule has 0 aliphatic rings. The Labute approximate surface area is 115 Å². The molecule has 0 spiro atoms. The Morgan fingerprint density at radius 2 is 1.94 bits per heavy atom. The molecule has 4 nitrogen and oxygen atoms in total. The molecule has 0 bridgehead atoms. The molecule has 0 radical (unpaired) electrons. The highest BCUT2D eigenvalue weighted by Crippen LogP contribution is 2.19. The number of benzene rings is 1. The van der Waals surface area contributed by atoms with Crippen LogP contribution in [0.1, 0.15) is 26.2 Å². The first-order chi connectivity index (χ1) is 8.44. The van der Waals surface area contributed by atoms with Gasteiger partial charge < -0.3 is 10.3 Å². The molecule has 18 heavy (non-hydrogen) atoms. The zero-order valence-electron chi connectivity index (χ0n) is 10.5. The molecule has 0 aliphatic heterocycles. The normalized spacial score (nSPS) is 11.8. The second kappa shape index (κ2) is 5.20. The second-order valence-electron chi connectivity index (χ2n) is 5.01. The van der Waals surface area contributed by atoms with Crippen LogP contribution in [0.15, 0.2) is 33.3 Å². The summed E-state index contributed by atoms with van der Waals surface area (Å²) in [6, 6.07) is 7.81. The molecule has 2 N–H and O–H groups in total. The van der Waals surface area contributed by atoms with E-state index in [1.54, 1.807) is 0 Å². The third kappa shape index (κ3) is 3.65. The Morgan fingerprint density at radius 1 is 1.28 bits per heavy atom. The van der Waals surface area contributed by atoms with Gasteiger partial charge in [-0.25, -0.2) is 0 Å². The second-order valence-corrected chi connectivity index (χ2v) is 5.92. The van der Waals surface area contributed by atoms with E-state index in [4.69, 9.17) is 10.3 Å². The zero-order valence-corrected chi connectivity index (χ0v) is 12.1. The van der Waals surface area contributed by atoms with Gasteiger partial charge in [0.15, 0.2) is 0 Å². The maximum Gasteiger partial charge on any atom is 0.227 e. The van der Waals surface area contributed by atoms with E-state index in [1.165, 1.54) is 0 Å². The van der Waals surface area contributed by atoms with Crippen molar-refractivity contribution in [2.45, 2.75) is 32.2 Å². The van der Waals surface area contributed by atoms with Crippen molar-refractivity contribution < 1.29 is 4.52 Å². The Balaban J connectivity index is 2.08. The molecule has 0 saturated heterocycles. The van der Waals surface area contributed by atoms with Crippen molar-refractivity contribution in [3.8, 4) is 11.4 Å². The molecule has 1 heterocycles. The third-order valence-corrected chi connectivity index (χ3v) is 3.08. The standard InChI is InChI=1S/C13H16BrN3O/c1-13(2,15)8-7-11-16-12(17-18-11)9-3-5-10(14)6-4-9/h3-6H,7-8,15H2,1-2H3. The number of aryl methyl sites for hydroxylation is 1. The highest BCUT2D eigenvalue weighted by molar-refractivity contribution is 9.10. The van der Waals surface area contributed by atoms with Gasteiger partial charge in [-0.2, -0.15) is 4.98 Å². The molecule has 5 heteroatoms. The minimum absolute atomic E-state index is 0.216. The van der Waals surface area contributed by atoms with Gasteiger partial charge in [-0.3, -0.25) is 0 Å². The van der Waals surface area contributed by atoms with Crippen LogP contribution in [-0.2, 0) is 6.42 Å². The maximum absolute atomic E-state index is 5.92. The van der Waals surface area contributed by atoms with E-state index >= 15 is 0 Å². The first kappa shape index (κ1) is 13.2. The number of nitrogens with two attached hydrogens (primary N) is 1. The molecule has 0 amide bonds. The van der Waals surface area contributed by atoms with Gasteiger partial charge in [0.25, 0.3) is 0 Å². The fourth-order valence-corrected chi connectivity index (χ4v) is 1.77. The number of hydrogen-bond acceptors (Lipinski definition) is 4. The number of halogens is 1. The summed E-state index contributed by atoms with van der Waals surface area (Å²) in [6.07, 6.45) is 1.52. The monoisotopic (exact) mass is 309 g/mol. The lowest BCUT2D eigenvalue weighted by Crippen LogP contribution is -2.32. The van der Waals surface area contributed by atoms with E-state index in [0.29, 0.717) is 18.1 Å². The summed E-state index contributed by atoms with van der Waals surface area (Å²) >= 11 is 3.39. The average Bonchev–Trinajstić information content (AvgIpc) is 2.75. The topological polar surface area (TPSA) is 64.9 Å². The van der Waals surface area contributed by atoms with Gasteiger partial charge in [-0.15, -0.1) is 0 Å². The van der Waals surface area contributed by atoms with Gasteiger partial charge in [-0.05, 0) is 44.5 Å². The SMILES string of the molecule is CC(C)(N)CCc1nc(-c2ccc(Br)cc2)no1. The van der Waals surface area contributed by atoms with Crippen molar-refractivity contribution in [2.75, 3.05) is 0 Å². The summed E-state index contributed by atoms with van der Waals surface area (Å²) in [5.74, 6) is 1.25. The van der Waals surface area contributed by atoms with Crippen LogP contribution in [0.4, 0.5) is 0 Å². The molecule has 96 valence electrons. The third-order valence-electron chi connectivity index (χ3n) is 2.55. The Bertz CT molecular complexity index is 514. The lowest BCUT2D eigenvalue weighted by molar-refractivity contribution is 0.358. The molecule has 0 fully saturated rings. The van der Waals surface area contributed by atoms with Crippen molar-refractivity contribution >= 4 is 15.9 Å². The lowest BCUT2D eigenvalue weighted by atomic mass is 10.0. The first-order valence-corrected chi connectivity index (χ1v) is 6.61. The van der Waals surface area contributed by atoms with Gasteiger partial charge in [0.05, 0.1) is 0 Å². The zero-order chi connectivity index (χ0) is 13.2. The number of hydrogen-bond donors (Lipinski definition) is 1. The van der Waals surface area contributed by atoms with E-state index in [9.17, 15) is 0 Å². The quantitative estimate of drug-likeness (QED) is 0.942. The predicted molar refractivity (Wildman–Crippen MR) is 74.0 cm³/mol. The van der Waals surface area contributed by atoms with E-state index < -0.39 is 0 Å². The van der Waals surface area contributed by atoms with E-state index in [0.717, 1.165) is 16.5 Å². The molecular formula is C13H16BrN3O. The summed E-state index contributed by atoms with van der Waals surface area (Å²) in [5, 5.41) is 3.97.